The largest absolute Gasteiger partial charge is 0.474 e. The van der Waals surface area contributed by atoms with Crippen molar-refractivity contribution in [1.29, 1.82) is 0 Å². The fraction of sp³-hybridized carbons (Fsp3) is 0.280. The van der Waals surface area contributed by atoms with E-state index in [9.17, 15) is 4.79 Å². The fourth-order valence-electron chi connectivity index (χ4n) is 3.64. The van der Waals surface area contributed by atoms with E-state index in [0.29, 0.717) is 22.9 Å². The van der Waals surface area contributed by atoms with E-state index >= 15 is 0 Å². The van der Waals surface area contributed by atoms with Crippen LogP contribution >= 0.6 is 0 Å². The maximum atomic E-state index is 12.9. The number of aryl methyl sites for hydroxylation is 1. The van der Waals surface area contributed by atoms with E-state index in [0.717, 1.165) is 31.2 Å². The molecule has 1 aliphatic carbocycles. The molecule has 5 heteroatoms. The molecule has 5 nitrogen and oxygen atoms in total. The summed E-state index contributed by atoms with van der Waals surface area (Å²) in [4.78, 5) is 17.2. The zero-order valence-corrected chi connectivity index (χ0v) is 17.1. The first kappa shape index (κ1) is 20.0. The number of amides is 1. The van der Waals surface area contributed by atoms with Gasteiger partial charge in [0.05, 0.1) is 5.56 Å². The van der Waals surface area contributed by atoms with Crippen molar-refractivity contribution in [1.82, 2.24) is 10.3 Å². The third-order valence-electron chi connectivity index (χ3n) is 5.28. The van der Waals surface area contributed by atoms with Gasteiger partial charge in [0.25, 0.3) is 5.91 Å². The van der Waals surface area contributed by atoms with Crippen molar-refractivity contribution >= 4 is 5.91 Å². The molecule has 1 N–H and O–H groups in total. The van der Waals surface area contributed by atoms with Crippen LogP contribution < -0.4 is 14.8 Å². The van der Waals surface area contributed by atoms with E-state index in [4.69, 9.17) is 9.47 Å². The highest BCUT2D eigenvalue weighted by Crippen LogP contribution is 2.27. The molecular formula is C25H26N2O3. The molecule has 1 aromatic heterocycles. The number of ether oxygens (including phenoxy) is 2. The average molecular weight is 402 g/mol. The van der Waals surface area contributed by atoms with Crippen molar-refractivity contribution < 1.29 is 14.3 Å². The average Bonchev–Trinajstić information content (AvgIpc) is 2.78. The van der Waals surface area contributed by atoms with Gasteiger partial charge >= 0.3 is 0 Å². The highest BCUT2D eigenvalue weighted by molar-refractivity contribution is 5.97. The minimum absolute atomic E-state index is 0.105. The second-order valence-electron chi connectivity index (χ2n) is 7.65. The van der Waals surface area contributed by atoms with E-state index < -0.39 is 0 Å². The molecule has 0 atom stereocenters. The Balaban J connectivity index is 1.32. The van der Waals surface area contributed by atoms with Gasteiger partial charge in [-0.3, -0.25) is 4.79 Å². The standard InChI is InChI=1S/C25H26N2O3/c1-18-11-16-24(26-17-18)30-21-14-12-19(13-15-21)27-25(28)22-9-5-6-10-23(22)29-20-7-3-2-4-8-20/h2-11,16-17,19,21H,12-15H2,1H3,(H,27,28). The van der Waals surface area contributed by atoms with Crippen LogP contribution in [-0.2, 0) is 0 Å². The number of rotatable bonds is 6. The summed E-state index contributed by atoms with van der Waals surface area (Å²) in [6.45, 7) is 2.01. The van der Waals surface area contributed by atoms with E-state index in [1.54, 1.807) is 6.07 Å². The Kier molecular flexibility index (Phi) is 6.28. The summed E-state index contributed by atoms with van der Waals surface area (Å²) in [6, 6.07) is 20.9. The molecule has 0 aliphatic heterocycles. The Morgan fingerprint density at radius 3 is 2.40 bits per heavy atom. The summed E-state index contributed by atoms with van der Waals surface area (Å²) in [5.41, 5.74) is 1.66. The van der Waals surface area contributed by atoms with Crippen molar-refractivity contribution in [3.63, 3.8) is 0 Å². The molecular weight excluding hydrogens is 376 g/mol. The summed E-state index contributed by atoms with van der Waals surface area (Å²) in [5, 5.41) is 3.16. The highest BCUT2D eigenvalue weighted by atomic mass is 16.5. The normalized spacial score (nSPS) is 18.4. The van der Waals surface area contributed by atoms with Crippen molar-refractivity contribution in [2.45, 2.75) is 44.8 Å². The number of nitrogens with one attached hydrogen (secondary N) is 1. The predicted octanol–water partition coefficient (Wildman–Crippen LogP) is 5.30. The lowest BCUT2D eigenvalue weighted by atomic mass is 9.92. The molecule has 154 valence electrons. The number of carbonyl (C=O) groups is 1. The van der Waals surface area contributed by atoms with Gasteiger partial charge in [0, 0.05) is 18.3 Å². The number of pyridine rings is 1. The van der Waals surface area contributed by atoms with Gasteiger partial charge in [0.15, 0.2) is 0 Å². The minimum Gasteiger partial charge on any atom is -0.474 e. The Bertz CT molecular complexity index is 965. The highest BCUT2D eigenvalue weighted by Gasteiger charge is 2.25. The van der Waals surface area contributed by atoms with Crippen LogP contribution in [0.15, 0.2) is 72.9 Å². The molecule has 0 saturated heterocycles. The van der Waals surface area contributed by atoms with E-state index in [1.165, 1.54) is 0 Å². The van der Waals surface area contributed by atoms with Crippen LogP contribution in [0.3, 0.4) is 0 Å². The molecule has 1 heterocycles. The molecule has 1 amide bonds. The summed E-state index contributed by atoms with van der Waals surface area (Å²) >= 11 is 0. The number of aromatic nitrogens is 1. The smallest absolute Gasteiger partial charge is 0.255 e. The number of para-hydroxylation sites is 2. The molecule has 3 aromatic rings. The maximum Gasteiger partial charge on any atom is 0.255 e. The lowest BCUT2D eigenvalue weighted by Crippen LogP contribution is -2.39. The Morgan fingerprint density at radius 2 is 1.67 bits per heavy atom. The van der Waals surface area contributed by atoms with Crippen molar-refractivity contribution in [3.8, 4) is 17.4 Å². The van der Waals surface area contributed by atoms with Crippen molar-refractivity contribution in [2.75, 3.05) is 0 Å². The summed E-state index contributed by atoms with van der Waals surface area (Å²) in [7, 11) is 0. The van der Waals surface area contributed by atoms with E-state index in [1.807, 2.05) is 73.8 Å². The minimum atomic E-state index is -0.105. The molecule has 0 bridgehead atoms. The van der Waals surface area contributed by atoms with Crippen molar-refractivity contribution in [2.24, 2.45) is 0 Å². The van der Waals surface area contributed by atoms with Crippen LogP contribution in [0.25, 0.3) is 0 Å². The fourth-order valence-corrected chi connectivity index (χ4v) is 3.64. The summed E-state index contributed by atoms with van der Waals surface area (Å²) in [6.07, 6.45) is 5.50. The van der Waals surface area contributed by atoms with Gasteiger partial charge < -0.3 is 14.8 Å². The molecule has 0 unspecified atom stereocenters. The number of nitrogens with zero attached hydrogens (tertiary/aromatic N) is 1. The van der Waals surface area contributed by atoms with Crippen LogP contribution in [0.4, 0.5) is 0 Å². The van der Waals surface area contributed by atoms with E-state index in [-0.39, 0.29) is 18.1 Å². The molecule has 30 heavy (non-hydrogen) atoms. The monoisotopic (exact) mass is 402 g/mol. The summed E-state index contributed by atoms with van der Waals surface area (Å²) in [5.74, 6) is 1.83. The van der Waals surface area contributed by atoms with Gasteiger partial charge in [-0.1, -0.05) is 36.4 Å². The van der Waals surface area contributed by atoms with Gasteiger partial charge in [-0.2, -0.15) is 0 Å². The third-order valence-corrected chi connectivity index (χ3v) is 5.28. The number of benzene rings is 2. The number of hydrogen-bond donors (Lipinski definition) is 1. The predicted molar refractivity (Wildman–Crippen MR) is 116 cm³/mol. The second-order valence-corrected chi connectivity index (χ2v) is 7.65. The van der Waals surface area contributed by atoms with Gasteiger partial charge in [-0.25, -0.2) is 4.98 Å². The molecule has 4 rings (SSSR count). The molecule has 2 aromatic carbocycles. The second kappa shape index (κ2) is 9.44. The van der Waals surface area contributed by atoms with Crippen LogP contribution in [-0.4, -0.2) is 23.0 Å². The molecule has 0 radical (unpaired) electrons. The van der Waals surface area contributed by atoms with Crippen LogP contribution in [0.2, 0.25) is 0 Å². The van der Waals surface area contributed by atoms with Crippen LogP contribution in [0.5, 0.6) is 17.4 Å². The SMILES string of the molecule is Cc1ccc(OC2CCC(NC(=O)c3ccccc3Oc3ccccc3)CC2)nc1. The first-order valence-electron chi connectivity index (χ1n) is 10.4. The van der Waals surface area contributed by atoms with Gasteiger partial charge in [0.2, 0.25) is 5.88 Å². The van der Waals surface area contributed by atoms with Crippen LogP contribution in [0, 0.1) is 6.92 Å². The molecule has 0 spiro atoms. The topological polar surface area (TPSA) is 60.5 Å². The zero-order chi connectivity index (χ0) is 20.8. The molecule has 1 aliphatic rings. The lowest BCUT2D eigenvalue weighted by Gasteiger charge is -2.29. The first-order valence-corrected chi connectivity index (χ1v) is 10.4. The van der Waals surface area contributed by atoms with Gasteiger partial charge in [0.1, 0.15) is 17.6 Å². The maximum absolute atomic E-state index is 12.9. The van der Waals surface area contributed by atoms with Gasteiger partial charge in [-0.05, 0) is 62.4 Å². The van der Waals surface area contributed by atoms with E-state index in [2.05, 4.69) is 10.3 Å². The quantitative estimate of drug-likeness (QED) is 0.608. The Morgan fingerprint density at radius 1 is 0.933 bits per heavy atom. The Hall–Kier alpha value is -3.34. The lowest BCUT2D eigenvalue weighted by molar-refractivity contribution is 0.0888. The zero-order valence-electron chi connectivity index (χ0n) is 17.1. The molecule has 1 fully saturated rings. The number of carbonyl (C=O) groups excluding carboxylic acids is 1. The third kappa shape index (κ3) is 5.17. The van der Waals surface area contributed by atoms with Gasteiger partial charge in [-0.15, -0.1) is 0 Å². The van der Waals surface area contributed by atoms with Crippen molar-refractivity contribution in [3.05, 3.63) is 84.1 Å². The number of hydrogen-bond acceptors (Lipinski definition) is 4. The first-order chi connectivity index (χ1) is 14.7. The Labute approximate surface area is 177 Å². The van der Waals surface area contributed by atoms with Crippen LogP contribution in [0.1, 0.15) is 41.6 Å². The summed E-state index contributed by atoms with van der Waals surface area (Å²) < 4.78 is 11.9. The molecule has 1 saturated carbocycles.